The zero-order valence-electron chi connectivity index (χ0n) is 10.8. The molecule has 5 nitrogen and oxygen atoms in total. The molecule has 0 saturated heterocycles. The summed E-state index contributed by atoms with van der Waals surface area (Å²) < 4.78 is 3.46. The van der Waals surface area contributed by atoms with Crippen LogP contribution in [0, 0.1) is 6.92 Å². The van der Waals surface area contributed by atoms with Crippen LogP contribution in [0.1, 0.15) is 28.7 Å². The van der Waals surface area contributed by atoms with Gasteiger partial charge in [0.2, 0.25) is 5.78 Å². The Morgan fingerprint density at radius 2 is 2.22 bits per heavy atom. The number of carbonyl (C=O) groups is 1. The lowest BCUT2D eigenvalue weighted by atomic mass is 10.2. The highest BCUT2D eigenvalue weighted by molar-refractivity contribution is 6.05. The van der Waals surface area contributed by atoms with E-state index in [-0.39, 0.29) is 5.78 Å². The summed E-state index contributed by atoms with van der Waals surface area (Å²) in [6.45, 7) is 4.66. The van der Waals surface area contributed by atoms with Crippen molar-refractivity contribution in [3.8, 4) is 0 Å². The topological polar surface area (TPSA) is 52.7 Å². The molecule has 0 aliphatic rings. The first kappa shape index (κ1) is 12.3. The Bertz CT molecular complexity index is 592. The quantitative estimate of drug-likeness (QED) is 0.609. The molecular formula is C13H16N4O. The van der Waals surface area contributed by atoms with Gasteiger partial charge in [0.15, 0.2) is 0 Å². The van der Waals surface area contributed by atoms with Gasteiger partial charge in [-0.2, -0.15) is 10.2 Å². The summed E-state index contributed by atoms with van der Waals surface area (Å²) in [5, 5.41) is 8.38. The summed E-state index contributed by atoms with van der Waals surface area (Å²) in [6.07, 6.45) is 6.99. The van der Waals surface area contributed by atoms with Gasteiger partial charge in [0.05, 0.1) is 5.69 Å². The number of aryl methyl sites for hydroxylation is 3. The predicted molar refractivity (Wildman–Crippen MR) is 69.2 cm³/mol. The summed E-state index contributed by atoms with van der Waals surface area (Å²) in [4.78, 5) is 11.9. The molecule has 0 atom stereocenters. The fourth-order valence-electron chi connectivity index (χ4n) is 1.70. The van der Waals surface area contributed by atoms with Gasteiger partial charge in [0, 0.05) is 31.5 Å². The van der Waals surface area contributed by atoms with E-state index in [4.69, 9.17) is 0 Å². The van der Waals surface area contributed by atoms with Gasteiger partial charge in [-0.15, -0.1) is 0 Å². The monoisotopic (exact) mass is 244 g/mol. The minimum absolute atomic E-state index is 0.0922. The Hall–Kier alpha value is -2.17. The number of hydrogen-bond donors (Lipinski definition) is 0. The van der Waals surface area contributed by atoms with Crippen molar-refractivity contribution in [2.24, 2.45) is 7.05 Å². The lowest BCUT2D eigenvalue weighted by Gasteiger charge is -1.92. The third-order valence-corrected chi connectivity index (χ3v) is 2.68. The molecule has 2 aromatic rings. The van der Waals surface area contributed by atoms with Crippen LogP contribution in [-0.4, -0.2) is 25.3 Å². The molecule has 2 aromatic heterocycles. The summed E-state index contributed by atoms with van der Waals surface area (Å²) >= 11 is 0. The third kappa shape index (κ3) is 2.56. The van der Waals surface area contributed by atoms with Crippen molar-refractivity contribution in [1.82, 2.24) is 19.6 Å². The number of aromatic nitrogens is 4. The molecule has 5 heteroatoms. The maximum atomic E-state index is 11.9. The van der Waals surface area contributed by atoms with Crippen molar-refractivity contribution in [2.75, 3.05) is 0 Å². The highest BCUT2D eigenvalue weighted by atomic mass is 16.1. The first-order valence-electron chi connectivity index (χ1n) is 5.86. The minimum atomic E-state index is -0.0922. The van der Waals surface area contributed by atoms with Crippen LogP contribution in [0.2, 0.25) is 0 Å². The molecule has 0 aromatic carbocycles. The first-order chi connectivity index (χ1) is 8.60. The summed E-state index contributed by atoms with van der Waals surface area (Å²) in [7, 11) is 1.86. The smallest absolute Gasteiger partial charge is 0.206 e. The van der Waals surface area contributed by atoms with E-state index in [1.807, 2.05) is 27.1 Å². The molecule has 0 saturated carbocycles. The molecule has 18 heavy (non-hydrogen) atoms. The average molecular weight is 244 g/mol. The van der Waals surface area contributed by atoms with Crippen LogP contribution < -0.4 is 0 Å². The van der Waals surface area contributed by atoms with E-state index >= 15 is 0 Å². The van der Waals surface area contributed by atoms with Crippen LogP contribution >= 0.6 is 0 Å². The normalized spacial score (nSPS) is 11.3. The Morgan fingerprint density at radius 3 is 2.78 bits per heavy atom. The van der Waals surface area contributed by atoms with E-state index in [0.29, 0.717) is 5.69 Å². The molecule has 94 valence electrons. The van der Waals surface area contributed by atoms with Crippen LogP contribution in [0.5, 0.6) is 0 Å². The number of ketones is 1. The van der Waals surface area contributed by atoms with Gasteiger partial charge in [-0.1, -0.05) is 0 Å². The Kier molecular flexibility index (Phi) is 3.41. The van der Waals surface area contributed by atoms with E-state index < -0.39 is 0 Å². The van der Waals surface area contributed by atoms with E-state index in [1.165, 1.54) is 6.08 Å². The van der Waals surface area contributed by atoms with Gasteiger partial charge < -0.3 is 0 Å². The molecule has 0 spiro atoms. The van der Waals surface area contributed by atoms with Gasteiger partial charge in [0.25, 0.3) is 0 Å². The average Bonchev–Trinajstić information content (AvgIpc) is 2.93. The fourth-order valence-corrected chi connectivity index (χ4v) is 1.70. The van der Waals surface area contributed by atoms with Crippen molar-refractivity contribution in [3.05, 3.63) is 41.5 Å². The molecule has 0 aliphatic carbocycles. The number of hydrogen-bond acceptors (Lipinski definition) is 3. The van der Waals surface area contributed by atoms with Crippen molar-refractivity contribution in [1.29, 1.82) is 0 Å². The lowest BCUT2D eigenvalue weighted by Crippen LogP contribution is -1.99. The van der Waals surface area contributed by atoms with Gasteiger partial charge in [0.1, 0.15) is 5.69 Å². The van der Waals surface area contributed by atoms with Crippen molar-refractivity contribution < 1.29 is 4.79 Å². The maximum absolute atomic E-state index is 11.9. The van der Waals surface area contributed by atoms with Crippen LogP contribution in [0.25, 0.3) is 6.08 Å². The molecule has 0 unspecified atom stereocenters. The van der Waals surface area contributed by atoms with Crippen LogP contribution in [0.4, 0.5) is 0 Å². The second-order valence-corrected chi connectivity index (χ2v) is 4.10. The van der Waals surface area contributed by atoms with E-state index in [0.717, 1.165) is 17.8 Å². The Morgan fingerprint density at radius 1 is 1.44 bits per heavy atom. The zero-order chi connectivity index (χ0) is 13.1. The Labute approximate surface area is 106 Å². The second kappa shape index (κ2) is 5.00. The van der Waals surface area contributed by atoms with E-state index in [1.54, 1.807) is 27.7 Å². The minimum Gasteiger partial charge on any atom is -0.287 e. The highest BCUT2D eigenvalue weighted by Crippen LogP contribution is 2.08. The maximum Gasteiger partial charge on any atom is 0.206 e. The number of carbonyl (C=O) groups excluding carboxylic acids is 1. The summed E-state index contributed by atoms with van der Waals surface area (Å²) in [5.74, 6) is -0.0922. The highest BCUT2D eigenvalue weighted by Gasteiger charge is 2.06. The van der Waals surface area contributed by atoms with Gasteiger partial charge in [-0.05, 0) is 32.1 Å². The van der Waals surface area contributed by atoms with Crippen LogP contribution in [0.15, 0.2) is 24.5 Å². The van der Waals surface area contributed by atoms with Crippen molar-refractivity contribution in [2.45, 2.75) is 20.4 Å². The third-order valence-electron chi connectivity index (χ3n) is 2.68. The molecule has 0 bridgehead atoms. The standard InChI is InChI=1S/C13H16N4O/c1-4-17-8-7-12(15-17)13(18)6-5-11-9-16(3)14-10(11)2/h5-9H,4H2,1-3H3/b6-5+. The van der Waals surface area contributed by atoms with Gasteiger partial charge >= 0.3 is 0 Å². The molecule has 0 amide bonds. The predicted octanol–water partition coefficient (Wildman–Crippen LogP) is 1.84. The Balaban J connectivity index is 2.13. The van der Waals surface area contributed by atoms with Crippen molar-refractivity contribution >= 4 is 11.9 Å². The largest absolute Gasteiger partial charge is 0.287 e. The number of allylic oxidation sites excluding steroid dienone is 1. The summed E-state index contributed by atoms with van der Waals surface area (Å²) in [5.41, 5.74) is 2.32. The van der Waals surface area contributed by atoms with E-state index in [2.05, 4.69) is 10.2 Å². The summed E-state index contributed by atoms with van der Waals surface area (Å²) in [6, 6.07) is 1.73. The van der Waals surface area contributed by atoms with Gasteiger partial charge in [-0.25, -0.2) is 0 Å². The van der Waals surface area contributed by atoms with Crippen LogP contribution in [-0.2, 0) is 13.6 Å². The molecule has 0 fully saturated rings. The molecule has 2 rings (SSSR count). The first-order valence-corrected chi connectivity index (χ1v) is 5.86. The number of rotatable bonds is 4. The number of nitrogens with zero attached hydrogens (tertiary/aromatic N) is 4. The van der Waals surface area contributed by atoms with Crippen LogP contribution in [0.3, 0.4) is 0 Å². The lowest BCUT2D eigenvalue weighted by molar-refractivity contribution is 0.104. The second-order valence-electron chi connectivity index (χ2n) is 4.10. The molecule has 0 N–H and O–H groups in total. The van der Waals surface area contributed by atoms with E-state index in [9.17, 15) is 4.79 Å². The molecular weight excluding hydrogens is 228 g/mol. The van der Waals surface area contributed by atoms with Gasteiger partial charge in [-0.3, -0.25) is 14.2 Å². The molecule has 0 aliphatic heterocycles. The SMILES string of the molecule is CCn1ccc(C(=O)/C=C/c2cn(C)nc2C)n1. The van der Waals surface area contributed by atoms with Crippen molar-refractivity contribution in [3.63, 3.8) is 0 Å². The fraction of sp³-hybridized carbons (Fsp3) is 0.308. The molecule has 2 heterocycles. The molecule has 0 radical (unpaired) electrons. The zero-order valence-corrected chi connectivity index (χ0v) is 10.8.